The van der Waals surface area contributed by atoms with Gasteiger partial charge in [0.15, 0.2) is 0 Å². The van der Waals surface area contributed by atoms with Crippen molar-refractivity contribution < 1.29 is 14.6 Å². The quantitative estimate of drug-likeness (QED) is 0.673. The maximum atomic E-state index is 9.44. The van der Waals surface area contributed by atoms with Crippen LogP contribution in [-0.2, 0) is 9.53 Å². The second kappa shape index (κ2) is 9.59. The lowest BCUT2D eigenvalue weighted by Crippen LogP contribution is -2.09. The summed E-state index contributed by atoms with van der Waals surface area (Å²) in [6.07, 6.45) is -0.319. The predicted molar refractivity (Wildman–Crippen MR) is 44.5 cm³/mol. The molecule has 0 bridgehead atoms. The van der Waals surface area contributed by atoms with E-state index in [0.717, 1.165) is 0 Å². The first-order chi connectivity index (χ1) is 5.00. The fraction of sp³-hybridized carbons (Fsp3) is 0.875. The lowest BCUT2D eigenvalue weighted by molar-refractivity contribution is -0.114. The molecule has 1 N–H and O–H groups in total. The Morgan fingerprint density at radius 1 is 1.55 bits per heavy atom. The largest absolute Gasteiger partial charge is 0.391 e. The zero-order chi connectivity index (χ0) is 9.28. The van der Waals surface area contributed by atoms with Crippen molar-refractivity contribution in [2.75, 3.05) is 13.2 Å². The van der Waals surface area contributed by atoms with Crippen LogP contribution in [0.1, 0.15) is 27.7 Å². The topological polar surface area (TPSA) is 46.5 Å². The summed E-state index contributed by atoms with van der Waals surface area (Å²) in [6.45, 7) is 7.80. The Hall–Kier alpha value is -0.410. The van der Waals surface area contributed by atoms with Crippen molar-refractivity contribution in [2.24, 2.45) is 0 Å². The van der Waals surface area contributed by atoms with Crippen molar-refractivity contribution in [2.45, 2.75) is 33.8 Å². The van der Waals surface area contributed by atoms with Gasteiger partial charge in [-0.25, -0.2) is 0 Å². The lowest BCUT2D eigenvalue weighted by atomic mass is 10.4. The predicted octanol–water partition coefficient (Wildman–Crippen LogP) is 0.999. The van der Waals surface area contributed by atoms with Gasteiger partial charge < -0.3 is 14.6 Å². The van der Waals surface area contributed by atoms with E-state index in [9.17, 15) is 4.79 Å². The summed E-state index contributed by atoms with van der Waals surface area (Å²) in [5, 5.41) is 8.56. The average Bonchev–Trinajstić information content (AvgIpc) is 1.82. The van der Waals surface area contributed by atoms with E-state index in [1.165, 1.54) is 13.8 Å². The highest BCUT2D eigenvalue weighted by Gasteiger charge is 1.89. The van der Waals surface area contributed by atoms with Crippen LogP contribution < -0.4 is 0 Å². The van der Waals surface area contributed by atoms with Crippen LogP contribution in [0, 0.1) is 0 Å². The zero-order valence-corrected chi connectivity index (χ0v) is 7.76. The number of aliphatic hydroxyl groups is 1. The minimum atomic E-state index is -0.319. The van der Waals surface area contributed by atoms with E-state index >= 15 is 0 Å². The van der Waals surface area contributed by atoms with Gasteiger partial charge in [-0.2, -0.15) is 0 Å². The first-order valence-electron chi connectivity index (χ1n) is 3.73. The van der Waals surface area contributed by atoms with Gasteiger partial charge in [0.2, 0.25) is 0 Å². The molecule has 0 spiro atoms. The van der Waals surface area contributed by atoms with Crippen LogP contribution >= 0.6 is 0 Å². The van der Waals surface area contributed by atoms with Crippen molar-refractivity contribution in [1.29, 1.82) is 0 Å². The number of Topliss-reactive ketones (excluding diaryl/α,β-unsaturated/α-hetero) is 1. The van der Waals surface area contributed by atoms with Gasteiger partial charge in [0.25, 0.3) is 0 Å². The van der Waals surface area contributed by atoms with E-state index in [4.69, 9.17) is 9.84 Å². The number of carbonyl (C=O) groups is 1. The summed E-state index contributed by atoms with van der Waals surface area (Å²) < 4.78 is 4.84. The molecule has 0 aliphatic carbocycles. The van der Waals surface area contributed by atoms with Gasteiger partial charge in [0.05, 0.1) is 12.7 Å². The molecule has 0 radical (unpaired) electrons. The molecule has 0 saturated heterocycles. The smallest absolute Gasteiger partial charge is 0.126 e. The van der Waals surface area contributed by atoms with Crippen molar-refractivity contribution in [3.8, 4) is 0 Å². The number of carbonyl (C=O) groups excluding carboxylic acids is 1. The van der Waals surface area contributed by atoms with Gasteiger partial charge in [-0.3, -0.25) is 0 Å². The molecule has 11 heavy (non-hydrogen) atoms. The van der Waals surface area contributed by atoms with Crippen LogP contribution in [0.25, 0.3) is 0 Å². The van der Waals surface area contributed by atoms with E-state index in [0.29, 0.717) is 13.2 Å². The normalized spacial score (nSPS) is 11.4. The summed E-state index contributed by atoms with van der Waals surface area (Å²) in [4.78, 5) is 9.44. The van der Waals surface area contributed by atoms with Gasteiger partial charge in [0.1, 0.15) is 5.78 Å². The molecule has 0 saturated carbocycles. The highest BCUT2D eigenvalue weighted by molar-refractivity contribution is 5.72. The molecule has 0 amide bonds. The van der Waals surface area contributed by atoms with Crippen LogP contribution in [-0.4, -0.2) is 30.2 Å². The van der Waals surface area contributed by atoms with E-state index in [1.807, 2.05) is 6.92 Å². The lowest BCUT2D eigenvalue weighted by Gasteiger charge is -2.00. The number of hydrogen-bond acceptors (Lipinski definition) is 3. The Morgan fingerprint density at radius 3 is 2.00 bits per heavy atom. The highest BCUT2D eigenvalue weighted by atomic mass is 16.5. The number of ether oxygens (including phenoxy) is 1. The minimum absolute atomic E-state index is 0.167. The molecule has 0 rings (SSSR count). The molecule has 0 heterocycles. The maximum absolute atomic E-state index is 9.44. The standard InChI is InChI=1S/C5H12O2.C3H6O/c1-3-7-4-5(2)6;1-3(2)4/h5-6H,3-4H2,1-2H3;1-2H3. The first kappa shape index (κ1) is 13.2. The van der Waals surface area contributed by atoms with E-state index in [1.54, 1.807) is 6.92 Å². The van der Waals surface area contributed by atoms with E-state index < -0.39 is 0 Å². The summed E-state index contributed by atoms with van der Waals surface area (Å²) >= 11 is 0. The van der Waals surface area contributed by atoms with Crippen molar-refractivity contribution in [3.63, 3.8) is 0 Å². The monoisotopic (exact) mass is 162 g/mol. The molecule has 1 atom stereocenters. The van der Waals surface area contributed by atoms with Crippen LogP contribution in [0.2, 0.25) is 0 Å². The van der Waals surface area contributed by atoms with Crippen molar-refractivity contribution in [1.82, 2.24) is 0 Å². The molecular formula is C8H18O3. The Bertz CT molecular complexity index is 85.3. The molecule has 3 nitrogen and oxygen atoms in total. The first-order valence-corrected chi connectivity index (χ1v) is 3.73. The van der Waals surface area contributed by atoms with Crippen LogP contribution in [0.3, 0.4) is 0 Å². The molecule has 0 aromatic rings. The molecule has 0 aromatic heterocycles. The van der Waals surface area contributed by atoms with Gasteiger partial charge in [-0.05, 0) is 27.7 Å². The third kappa shape index (κ3) is 42.9. The third-order valence-corrected chi connectivity index (χ3v) is 0.563. The Morgan fingerprint density at radius 2 is 1.91 bits per heavy atom. The van der Waals surface area contributed by atoms with Crippen LogP contribution in [0.4, 0.5) is 0 Å². The number of aliphatic hydroxyl groups excluding tert-OH is 1. The summed E-state index contributed by atoms with van der Waals surface area (Å²) in [7, 11) is 0. The number of rotatable bonds is 3. The highest BCUT2D eigenvalue weighted by Crippen LogP contribution is 1.79. The van der Waals surface area contributed by atoms with Crippen molar-refractivity contribution >= 4 is 5.78 Å². The second-order valence-electron chi connectivity index (χ2n) is 2.42. The van der Waals surface area contributed by atoms with Crippen LogP contribution in [0.15, 0.2) is 0 Å². The SMILES string of the molecule is CC(C)=O.CCOCC(C)O. The van der Waals surface area contributed by atoms with Gasteiger partial charge in [-0.15, -0.1) is 0 Å². The maximum Gasteiger partial charge on any atom is 0.126 e. The molecule has 0 fully saturated rings. The number of hydrogen-bond donors (Lipinski definition) is 1. The fourth-order valence-electron chi connectivity index (χ4n) is 0.288. The van der Waals surface area contributed by atoms with Crippen LogP contribution in [0.5, 0.6) is 0 Å². The third-order valence-electron chi connectivity index (χ3n) is 0.563. The molecule has 0 aliphatic heterocycles. The molecule has 0 aromatic carbocycles. The molecule has 1 unspecified atom stereocenters. The Labute approximate surface area is 68.4 Å². The summed E-state index contributed by atoms with van der Waals surface area (Å²) in [5.74, 6) is 0.167. The summed E-state index contributed by atoms with van der Waals surface area (Å²) in [5.41, 5.74) is 0. The molecule has 3 heteroatoms. The van der Waals surface area contributed by atoms with Gasteiger partial charge in [0, 0.05) is 6.61 Å². The van der Waals surface area contributed by atoms with E-state index in [2.05, 4.69) is 0 Å². The fourth-order valence-corrected chi connectivity index (χ4v) is 0.288. The Kier molecular flexibility index (Phi) is 11.5. The van der Waals surface area contributed by atoms with Crippen molar-refractivity contribution in [3.05, 3.63) is 0 Å². The molecular weight excluding hydrogens is 144 g/mol. The van der Waals surface area contributed by atoms with Gasteiger partial charge in [-0.1, -0.05) is 0 Å². The second-order valence-corrected chi connectivity index (χ2v) is 2.42. The van der Waals surface area contributed by atoms with Gasteiger partial charge >= 0.3 is 0 Å². The molecule has 68 valence electrons. The zero-order valence-electron chi connectivity index (χ0n) is 7.76. The minimum Gasteiger partial charge on any atom is -0.391 e. The number of ketones is 1. The van der Waals surface area contributed by atoms with E-state index in [-0.39, 0.29) is 11.9 Å². The average molecular weight is 162 g/mol. The molecule has 0 aliphatic rings. The summed E-state index contributed by atoms with van der Waals surface area (Å²) in [6, 6.07) is 0. The Balaban J connectivity index is 0.